The Morgan fingerprint density at radius 1 is 1.00 bits per heavy atom. The first-order valence-electron chi connectivity index (χ1n) is 12.7. The Bertz CT molecular complexity index is 1560. The molecule has 3 aromatic carbocycles. The number of hydrogen-bond donors (Lipinski definition) is 2. The fraction of sp³-hybridized carbons (Fsp3) is 0.267. The number of sulfonamides is 1. The van der Waals surface area contributed by atoms with Crippen molar-refractivity contribution in [1.29, 1.82) is 0 Å². The van der Waals surface area contributed by atoms with Gasteiger partial charge in [0, 0.05) is 17.1 Å². The molecule has 202 valence electrons. The first-order chi connectivity index (χ1) is 18.7. The van der Waals surface area contributed by atoms with Crippen molar-refractivity contribution < 1.29 is 22.8 Å². The maximum absolute atomic E-state index is 12.5. The Balaban J connectivity index is 1.28. The van der Waals surface area contributed by atoms with E-state index in [0.717, 1.165) is 34.3 Å². The zero-order chi connectivity index (χ0) is 27.6. The molecule has 5 rings (SSSR count). The van der Waals surface area contributed by atoms with E-state index in [1.54, 1.807) is 11.8 Å². The van der Waals surface area contributed by atoms with Crippen LogP contribution >= 0.6 is 11.8 Å². The van der Waals surface area contributed by atoms with Gasteiger partial charge in [-0.25, -0.2) is 8.42 Å². The zero-order valence-corrected chi connectivity index (χ0v) is 23.4. The normalized spacial score (nSPS) is 15.1. The number of carbonyl (C=O) groups is 1. The number of rotatable bonds is 10. The number of amides is 1. The van der Waals surface area contributed by atoms with E-state index < -0.39 is 27.4 Å². The highest BCUT2D eigenvalue weighted by Crippen LogP contribution is 2.48. The SMILES string of the molecule is Cc1noc(-c2ccc(-c3ccc(C4(C(=O)NS(C)(=O)=O)CC4)cc3)cc2)c1[C@H](O)CSCc1ccccc1. The van der Waals surface area contributed by atoms with Gasteiger partial charge in [0.1, 0.15) is 0 Å². The summed E-state index contributed by atoms with van der Waals surface area (Å²) in [5, 5.41) is 15.1. The monoisotopic (exact) mass is 562 g/mol. The van der Waals surface area contributed by atoms with E-state index >= 15 is 0 Å². The molecule has 1 aromatic heterocycles. The molecule has 1 atom stereocenters. The second kappa shape index (κ2) is 11.0. The highest BCUT2D eigenvalue weighted by Gasteiger charge is 2.52. The minimum absolute atomic E-state index is 0.471. The molecule has 1 amide bonds. The number of aliphatic hydroxyl groups excluding tert-OH is 1. The molecule has 1 saturated carbocycles. The van der Waals surface area contributed by atoms with Crippen LogP contribution in [0.25, 0.3) is 22.5 Å². The second-order valence-corrected chi connectivity index (χ2v) is 12.7. The fourth-order valence-electron chi connectivity index (χ4n) is 4.76. The van der Waals surface area contributed by atoms with Crippen LogP contribution in [0.5, 0.6) is 0 Å². The maximum atomic E-state index is 12.5. The Labute approximate surface area is 232 Å². The van der Waals surface area contributed by atoms with Crippen molar-refractivity contribution in [2.24, 2.45) is 0 Å². The summed E-state index contributed by atoms with van der Waals surface area (Å²) in [6, 6.07) is 25.7. The number of aryl methyl sites for hydroxylation is 1. The molecule has 0 bridgehead atoms. The van der Waals surface area contributed by atoms with E-state index in [-0.39, 0.29) is 0 Å². The van der Waals surface area contributed by atoms with Crippen molar-refractivity contribution in [2.75, 3.05) is 12.0 Å². The first kappa shape index (κ1) is 27.2. The predicted octanol–water partition coefficient (Wildman–Crippen LogP) is 5.39. The van der Waals surface area contributed by atoms with E-state index in [1.165, 1.54) is 5.56 Å². The molecule has 2 N–H and O–H groups in total. The lowest BCUT2D eigenvalue weighted by Crippen LogP contribution is -2.38. The lowest BCUT2D eigenvalue weighted by atomic mass is 9.93. The number of nitrogens with zero attached hydrogens (tertiary/aromatic N) is 1. The van der Waals surface area contributed by atoms with Crippen molar-refractivity contribution in [1.82, 2.24) is 9.88 Å². The number of carbonyl (C=O) groups excluding carboxylic acids is 1. The number of aromatic nitrogens is 1. The summed E-state index contributed by atoms with van der Waals surface area (Å²) < 4.78 is 30.8. The quantitative estimate of drug-likeness (QED) is 0.267. The molecule has 7 nitrogen and oxygen atoms in total. The summed E-state index contributed by atoms with van der Waals surface area (Å²) >= 11 is 1.66. The minimum atomic E-state index is -3.60. The molecule has 0 aliphatic heterocycles. The number of hydrogen-bond acceptors (Lipinski definition) is 7. The maximum Gasteiger partial charge on any atom is 0.244 e. The molecular formula is C30H30N2O5S2. The molecule has 0 saturated heterocycles. The summed E-state index contributed by atoms with van der Waals surface area (Å²) in [4.78, 5) is 12.5. The van der Waals surface area contributed by atoms with Gasteiger partial charge in [0.05, 0.1) is 29.0 Å². The molecule has 1 aliphatic carbocycles. The smallest absolute Gasteiger partial charge is 0.244 e. The van der Waals surface area contributed by atoms with E-state index in [1.807, 2.05) is 73.7 Å². The molecule has 0 spiro atoms. The van der Waals surface area contributed by atoms with E-state index in [0.29, 0.717) is 35.6 Å². The summed E-state index contributed by atoms with van der Waals surface area (Å²) in [7, 11) is -3.60. The van der Waals surface area contributed by atoms with Gasteiger partial charge in [0.25, 0.3) is 0 Å². The van der Waals surface area contributed by atoms with Gasteiger partial charge in [-0.3, -0.25) is 9.52 Å². The summed E-state index contributed by atoms with van der Waals surface area (Å²) in [5.41, 5.74) is 5.40. The molecule has 1 heterocycles. The molecular weight excluding hydrogens is 532 g/mol. The van der Waals surface area contributed by atoms with Gasteiger partial charge < -0.3 is 9.63 Å². The molecule has 0 radical (unpaired) electrons. The van der Waals surface area contributed by atoms with Gasteiger partial charge >= 0.3 is 0 Å². The number of benzene rings is 3. The van der Waals surface area contributed by atoms with Gasteiger partial charge in [-0.15, -0.1) is 0 Å². The first-order valence-corrected chi connectivity index (χ1v) is 15.7. The molecule has 1 fully saturated rings. The molecule has 9 heteroatoms. The van der Waals surface area contributed by atoms with E-state index in [4.69, 9.17) is 4.52 Å². The topological polar surface area (TPSA) is 110 Å². The zero-order valence-electron chi connectivity index (χ0n) is 21.8. The summed E-state index contributed by atoms with van der Waals surface area (Å²) in [6.07, 6.45) is 1.53. The van der Waals surface area contributed by atoms with Crippen LogP contribution in [-0.4, -0.2) is 36.6 Å². The van der Waals surface area contributed by atoms with Crippen LogP contribution in [0.4, 0.5) is 0 Å². The van der Waals surface area contributed by atoms with Crippen LogP contribution in [0.15, 0.2) is 83.4 Å². The number of aliphatic hydroxyl groups is 1. The van der Waals surface area contributed by atoms with E-state index in [9.17, 15) is 18.3 Å². The van der Waals surface area contributed by atoms with Crippen LogP contribution in [0, 0.1) is 6.92 Å². The van der Waals surface area contributed by atoms with Crippen molar-refractivity contribution in [3.05, 3.63) is 101 Å². The Morgan fingerprint density at radius 3 is 2.18 bits per heavy atom. The Hall–Kier alpha value is -3.40. The average molecular weight is 563 g/mol. The third kappa shape index (κ3) is 6.11. The fourth-order valence-corrected chi connectivity index (χ4v) is 6.23. The van der Waals surface area contributed by atoms with Crippen molar-refractivity contribution >= 4 is 27.7 Å². The lowest BCUT2D eigenvalue weighted by Gasteiger charge is -2.15. The van der Waals surface area contributed by atoms with Crippen LogP contribution < -0.4 is 4.72 Å². The average Bonchev–Trinajstić information content (AvgIpc) is 3.65. The van der Waals surface area contributed by atoms with Gasteiger partial charge in [0.2, 0.25) is 15.9 Å². The third-order valence-corrected chi connectivity index (χ3v) is 8.65. The second-order valence-electron chi connectivity index (χ2n) is 9.97. The number of thioether (sulfide) groups is 1. The summed E-state index contributed by atoms with van der Waals surface area (Å²) in [5.74, 6) is 1.43. The third-order valence-electron chi connectivity index (χ3n) is 7.01. The summed E-state index contributed by atoms with van der Waals surface area (Å²) in [6.45, 7) is 1.84. The molecule has 0 unspecified atom stereocenters. The van der Waals surface area contributed by atoms with Crippen molar-refractivity contribution in [3.63, 3.8) is 0 Å². The highest BCUT2D eigenvalue weighted by atomic mass is 32.2. The lowest BCUT2D eigenvalue weighted by molar-refractivity contribution is -0.121. The largest absolute Gasteiger partial charge is 0.387 e. The molecule has 39 heavy (non-hydrogen) atoms. The van der Waals surface area contributed by atoms with Crippen LogP contribution in [0.2, 0.25) is 0 Å². The Kier molecular flexibility index (Phi) is 7.66. The van der Waals surface area contributed by atoms with Gasteiger partial charge in [-0.05, 0) is 42.0 Å². The van der Waals surface area contributed by atoms with Gasteiger partial charge in [-0.1, -0.05) is 84.0 Å². The predicted molar refractivity (Wildman–Crippen MR) is 154 cm³/mol. The van der Waals surface area contributed by atoms with Crippen molar-refractivity contribution in [3.8, 4) is 22.5 Å². The van der Waals surface area contributed by atoms with Crippen LogP contribution in [-0.2, 0) is 26.0 Å². The number of nitrogens with one attached hydrogen (secondary N) is 1. The van der Waals surface area contributed by atoms with Crippen molar-refractivity contribution in [2.45, 2.75) is 37.0 Å². The molecule has 4 aromatic rings. The standard InChI is InChI=1S/C30H30N2O5S2/c1-20-27(26(33)19-38-18-21-6-4-3-5-7-21)28(37-31-20)24-10-8-22(9-11-24)23-12-14-25(15-13-23)30(16-17-30)29(34)32-39(2,35)36/h3-15,26,33H,16-19H2,1-2H3,(H,32,34)/t26-/m1/s1. The van der Waals surface area contributed by atoms with E-state index in [2.05, 4.69) is 22.0 Å². The van der Waals surface area contributed by atoms with Gasteiger partial charge in [0.15, 0.2) is 5.76 Å². The Morgan fingerprint density at radius 2 is 1.59 bits per heavy atom. The van der Waals surface area contributed by atoms with Crippen LogP contribution in [0.3, 0.4) is 0 Å². The highest BCUT2D eigenvalue weighted by molar-refractivity contribution is 7.98. The van der Waals surface area contributed by atoms with Crippen LogP contribution in [0.1, 0.15) is 41.3 Å². The molecule has 1 aliphatic rings. The van der Waals surface area contributed by atoms with Gasteiger partial charge in [-0.2, -0.15) is 11.8 Å². The minimum Gasteiger partial charge on any atom is -0.387 e.